The molecule has 0 N–H and O–H groups in total. The number of carbonyl (C=O) groups excluding carboxylic acids is 1. The second kappa shape index (κ2) is 10.3. The topological polar surface area (TPSA) is 54.9 Å². The van der Waals surface area contributed by atoms with Crippen LogP contribution in [0.1, 0.15) is 10.4 Å². The minimum atomic E-state index is -0.386. The van der Waals surface area contributed by atoms with Crippen molar-refractivity contribution in [3.63, 3.8) is 0 Å². The highest BCUT2D eigenvalue weighted by Crippen LogP contribution is 2.31. The van der Waals surface area contributed by atoms with Crippen LogP contribution < -0.4 is 9.64 Å². The van der Waals surface area contributed by atoms with Crippen LogP contribution in [-0.2, 0) is 4.74 Å². The number of fused-ring (bicyclic) bond motifs is 1. The number of halogens is 1. The van der Waals surface area contributed by atoms with Crippen LogP contribution in [0.4, 0.5) is 9.52 Å². The van der Waals surface area contributed by atoms with Gasteiger partial charge in [0.25, 0.3) is 5.91 Å². The van der Waals surface area contributed by atoms with Gasteiger partial charge >= 0.3 is 0 Å². The molecule has 1 fully saturated rings. The van der Waals surface area contributed by atoms with Crippen LogP contribution in [-0.4, -0.2) is 55.2 Å². The normalized spacial score (nSPS) is 14.3. The summed E-state index contributed by atoms with van der Waals surface area (Å²) in [6.07, 6.45) is 0. The first-order valence-corrected chi connectivity index (χ1v) is 12.0. The summed E-state index contributed by atoms with van der Waals surface area (Å²) in [4.78, 5) is 21.9. The number of amides is 1. The molecule has 0 aliphatic carbocycles. The number of aromatic nitrogens is 1. The van der Waals surface area contributed by atoms with Crippen molar-refractivity contribution in [1.82, 2.24) is 9.88 Å². The highest BCUT2D eigenvalue weighted by molar-refractivity contribution is 7.22. The molecule has 0 unspecified atom stereocenters. The van der Waals surface area contributed by atoms with Crippen molar-refractivity contribution in [1.29, 1.82) is 0 Å². The molecule has 3 aromatic carbocycles. The zero-order valence-electron chi connectivity index (χ0n) is 18.5. The Bertz CT molecular complexity index is 1260. The Labute approximate surface area is 201 Å². The van der Waals surface area contributed by atoms with Crippen molar-refractivity contribution in [3.8, 4) is 11.5 Å². The van der Waals surface area contributed by atoms with Crippen LogP contribution in [0.5, 0.6) is 11.5 Å². The molecule has 1 amide bonds. The average molecular weight is 478 g/mol. The van der Waals surface area contributed by atoms with Gasteiger partial charge in [-0.2, -0.15) is 0 Å². The summed E-state index contributed by atoms with van der Waals surface area (Å²) in [5.41, 5.74) is 0.806. The third kappa shape index (κ3) is 5.09. The monoisotopic (exact) mass is 477 g/mol. The molecule has 34 heavy (non-hydrogen) atoms. The standard InChI is InChI=1S/C26H24FN3O3S/c27-22-7-4-8-23-24(22)28-26(34-23)30(14-13-29-15-17-32-18-16-29)25(31)19-9-11-21(12-10-19)33-20-5-2-1-3-6-20/h1-12H,13-18H2. The maximum absolute atomic E-state index is 14.3. The second-order valence-electron chi connectivity index (χ2n) is 7.93. The molecule has 4 aromatic rings. The number of morpholine rings is 1. The third-order valence-corrected chi connectivity index (χ3v) is 6.70. The minimum Gasteiger partial charge on any atom is -0.457 e. The summed E-state index contributed by atoms with van der Waals surface area (Å²) in [5.74, 6) is 0.803. The summed E-state index contributed by atoms with van der Waals surface area (Å²) in [6.45, 7) is 4.14. The Balaban J connectivity index is 1.39. The molecule has 1 aromatic heterocycles. The van der Waals surface area contributed by atoms with E-state index in [1.165, 1.54) is 17.4 Å². The smallest absolute Gasteiger partial charge is 0.260 e. The average Bonchev–Trinajstić information content (AvgIpc) is 3.31. The number of anilines is 1. The van der Waals surface area contributed by atoms with E-state index in [9.17, 15) is 9.18 Å². The van der Waals surface area contributed by atoms with Crippen molar-refractivity contribution in [2.24, 2.45) is 0 Å². The lowest BCUT2D eigenvalue weighted by Gasteiger charge is -2.29. The van der Waals surface area contributed by atoms with E-state index in [0.29, 0.717) is 53.0 Å². The SMILES string of the molecule is O=C(c1ccc(Oc2ccccc2)cc1)N(CCN1CCOCC1)c1nc2c(F)cccc2s1. The van der Waals surface area contributed by atoms with E-state index in [1.54, 1.807) is 35.2 Å². The van der Waals surface area contributed by atoms with Crippen LogP contribution in [0.3, 0.4) is 0 Å². The molecule has 0 saturated carbocycles. The summed E-state index contributed by atoms with van der Waals surface area (Å²) < 4.78 is 26.3. The van der Waals surface area contributed by atoms with Gasteiger partial charge in [0, 0.05) is 31.7 Å². The first-order chi connectivity index (χ1) is 16.7. The van der Waals surface area contributed by atoms with Gasteiger partial charge in [0.05, 0.1) is 17.9 Å². The summed E-state index contributed by atoms with van der Waals surface area (Å²) in [6, 6.07) is 21.4. The Morgan fingerprint density at radius 3 is 2.47 bits per heavy atom. The van der Waals surface area contributed by atoms with Crippen molar-refractivity contribution in [2.45, 2.75) is 0 Å². The fourth-order valence-electron chi connectivity index (χ4n) is 3.81. The molecule has 1 aliphatic rings. The molecular formula is C26H24FN3O3S. The van der Waals surface area contributed by atoms with Gasteiger partial charge in [-0.15, -0.1) is 0 Å². The molecule has 2 heterocycles. The number of nitrogens with zero attached hydrogens (tertiary/aromatic N) is 3. The predicted octanol–water partition coefficient (Wildman–Crippen LogP) is 5.21. The Hall–Kier alpha value is -3.33. The van der Waals surface area contributed by atoms with Crippen molar-refractivity contribution < 1.29 is 18.7 Å². The lowest BCUT2D eigenvalue weighted by molar-refractivity contribution is 0.0391. The third-order valence-electron chi connectivity index (χ3n) is 5.66. The summed E-state index contributed by atoms with van der Waals surface area (Å²) in [5, 5.41) is 0.489. The molecule has 0 spiro atoms. The number of hydrogen-bond donors (Lipinski definition) is 0. The molecule has 8 heteroatoms. The van der Waals surface area contributed by atoms with Gasteiger partial charge in [-0.25, -0.2) is 9.37 Å². The van der Waals surface area contributed by atoms with E-state index in [4.69, 9.17) is 9.47 Å². The summed E-state index contributed by atoms with van der Waals surface area (Å²) >= 11 is 1.32. The van der Waals surface area contributed by atoms with Gasteiger partial charge in [-0.05, 0) is 48.5 Å². The second-order valence-corrected chi connectivity index (χ2v) is 8.94. The van der Waals surface area contributed by atoms with Gasteiger partial charge in [-0.1, -0.05) is 35.6 Å². The quantitative estimate of drug-likeness (QED) is 0.366. The molecule has 1 aliphatic heterocycles. The zero-order chi connectivity index (χ0) is 23.3. The van der Waals surface area contributed by atoms with E-state index in [0.717, 1.165) is 18.8 Å². The molecule has 6 nitrogen and oxygen atoms in total. The van der Waals surface area contributed by atoms with E-state index in [-0.39, 0.29) is 11.7 Å². The number of thiazole rings is 1. The number of benzene rings is 3. The maximum Gasteiger partial charge on any atom is 0.260 e. The van der Waals surface area contributed by atoms with Crippen LogP contribution in [0.25, 0.3) is 10.2 Å². The van der Waals surface area contributed by atoms with Crippen LogP contribution in [0, 0.1) is 5.82 Å². The van der Waals surface area contributed by atoms with E-state index in [2.05, 4.69) is 9.88 Å². The largest absolute Gasteiger partial charge is 0.457 e. The number of hydrogen-bond acceptors (Lipinski definition) is 6. The number of para-hydroxylation sites is 2. The molecular weight excluding hydrogens is 453 g/mol. The van der Waals surface area contributed by atoms with E-state index >= 15 is 0 Å². The fourth-order valence-corrected chi connectivity index (χ4v) is 4.82. The number of rotatable bonds is 7. The Morgan fingerprint density at radius 1 is 1.00 bits per heavy atom. The maximum atomic E-state index is 14.3. The van der Waals surface area contributed by atoms with Crippen LogP contribution >= 0.6 is 11.3 Å². The highest BCUT2D eigenvalue weighted by atomic mass is 32.1. The van der Waals surface area contributed by atoms with Crippen molar-refractivity contribution in [3.05, 3.63) is 84.2 Å². The molecule has 0 atom stereocenters. The molecule has 0 radical (unpaired) electrons. The lowest BCUT2D eigenvalue weighted by Crippen LogP contribution is -2.43. The molecule has 0 bridgehead atoms. The zero-order valence-corrected chi connectivity index (χ0v) is 19.3. The Morgan fingerprint density at radius 2 is 1.74 bits per heavy atom. The van der Waals surface area contributed by atoms with Crippen LogP contribution in [0.15, 0.2) is 72.8 Å². The van der Waals surface area contributed by atoms with Gasteiger partial charge in [0.15, 0.2) is 5.13 Å². The molecule has 1 saturated heterocycles. The predicted molar refractivity (Wildman–Crippen MR) is 131 cm³/mol. The first-order valence-electron chi connectivity index (χ1n) is 11.2. The van der Waals surface area contributed by atoms with Crippen molar-refractivity contribution in [2.75, 3.05) is 44.3 Å². The lowest BCUT2D eigenvalue weighted by atomic mass is 10.2. The van der Waals surface area contributed by atoms with Gasteiger partial charge < -0.3 is 9.47 Å². The van der Waals surface area contributed by atoms with Crippen molar-refractivity contribution >= 4 is 32.6 Å². The van der Waals surface area contributed by atoms with E-state index < -0.39 is 0 Å². The Kier molecular flexibility index (Phi) is 6.80. The number of carbonyl (C=O) groups is 1. The van der Waals surface area contributed by atoms with Crippen LogP contribution in [0.2, 0.25) is 0 Å². The summed E-state index contributed by atoms with van der Waals surface area (Å²) in [7, 11) is 0. The fraction of sp³-hybridized carbons (Fsp3) is 0.231. The minimum absolute atomic E-state index is 0.181. The first kappa shape index (κ1) is 22.5. The highest BCUT2D eigenvalue weighted by Gasteiger charge is 2.23. The van der Waals surface area contributed by atoms with Gasteiger partial charge in [0.1, 0.15) is 22.8 Å². The van der Waals surface area contributed by atoms with E-state index in [1.807, 2.05) is 36.4 Å². The molecule has 5 rings (SSSR count). The number of ether oxygens (including phenoxy) is 2. The molecule has 174 valence electrons. The van der Waals surface area contributed by atoms with Gasteiger partial charge in [0.2, 0.25) is 0 Å². The van der Waals surface area contributed by atoms with Gasteiger partial charge in [-0.3, -0.25) is 14.6 Å².